The highest BCUT2D eigenvalue weighted by Crippen LogP contribution is 2.57. The fourth-order valence-electron chi connectivity index (χ4n) is 5.13. The van der Waals surface area contributed by atoms with E-state index in [9.17, 15) is 22.8 Å². The molecule has 1 aromatic carbocycles. The summed E-state index contributed by atoms with van der Waals surface area (Å²) >= 11 is 0. The molecule has 2 N–H and O–H groups in total. The number of carbonyl (C=O) groups is 1. The van der Waals surface area contributed by atoms with Gasteiger partial charge in [0, 0.05) is 25.1 Å². The van der Waals surface area contributed by atoms with Gasteiger partial charge in [-0.05, 0) is 56.1 Å². The third kappa shape index (κ3) is 3.86. The van der Waals surface area contributed by atoms with E-state index in [1.165, 1.54) is 17.8 Å². The Morgan fingerprint density at radius 2 is 1.83 bits per heavy atom. The Kier molecular flexibility index (Phi) is 5.41. The van der Waals surface area contributed by atoms with Gasteiger partial charge in [-0.25, -0.2) is 13.5 Å². The first-order valence-corrected chi connectivity index (χ1v) is 11.2. The van der Waals surface area contributed by atoms with Gasteiger partial charge >= 0.3 is 0 Å². The molecule has 35 heavy (non-hydrogen) atoms. The van der Waals surface area contributed by atoms with E-state index in [4.69, 9.17) is 9.63 Å². The average molecular weight is 489 g/mol. The first kappa shape index (κ1) is 23.1. The summed E-state index contributed by atoms with van der Waals surface area (Å²) in [5, 5.41) is 20.0. The normalized spacial score (nSPS) is 23.4. The summed E-state index contributed by atoms with van der Waals surface area (Å²) in [5.74, 6) is -6.37. The number of rotatable bonds is 5. The van der Waals surface area contributed by atoms with Gasteiger partial charge in [0.25, 0.3) is 11.5 Å². The minimum atomic E-state index is -1.79. The van der Waals surface area contributed by atoms with Crippen molar-refractivity contribution < 1.29 is 27.6 Å². The molecule has 2 aromatic heterocycles. The number of nitrogens with zero attached hydrogens (tertiary/aromatic N) is 4. The number of phenols is 1. The Labute approximate surface area is 197 Å². The van der Waals surface area contributed by atoms with E-state index in [-0.39, 0.29) is 22.9 Å². The monoisotopic (exact) mass is 489 g/mol. The second kappa shape index (κ2) is 8.21. The van der Waals surface area contributed by atoms with Crippen molar-refractivity contribution in [2.75, 3.05) is 6.54 Å². The molecular weight excluding hydrogens is 467 g/mol. The molecule has 3 fully saturated rings. The third-order valence-corrected chi connectivity index (χ3v) is 7.47. The van der Waals surface area contributed by atoms with Crippen LogP contribution < -0.4 is 10.9 Å². The van der Waals surface area contributed by atoms with Crippen LogP contribution in [0.5, 0.6) is 5.75 Å². The van der Waals surface area contributed by atoms with Crippen LogP contribution in [-0.2, 0) is 12.5 Å². The van der Waals surface area contributed by atoms with E-state index in [0.717, 1.165) is 38.5 Å². The number of aromatic hydroxyl groups is 1. The minimum Gasteiger partial charge on any atom is -0.503 e. The highest BCUT2D eigenvalue weighted by Gasteiger charge is 2.52. The highest BCUT2D eigenvalue weighted by molar-refractivity contribution is 5.94. The molecule has 6 rings (SSSR count). The molecule has 12 heteroatoms. The number of halogens is 3. The summed E-state index contributed by atoms with van der Waals surface area (Å²) in [6.07, 6.45) is 4.43. The highest BCUT2D eigenvalue weighted by atomic mass is 19.2. The lowest BCUT2D eigenvalue weighted by Gasteiger charge is -2.51. The fraction of sp³-hybridized carbons (Fsp3) is 0.435. The van der Waals surface area contributed by atoms with E-state index in [0.29, 0.717) is 23.5 Å². The summed E-state index contributed by atoms with van der Waals surface area (Å²) in [4.78, 5) is 28.6. The van der Waals surface area contributed by atoms with Crippen LogP contribution in [0.15, 0.2) is 27.5 Å². The third-order valence-electron chi connectivity index (χ3n) is 7.47. The second-order valence-electron chi connectivity index (χ2n) is 9.45. The van der Waals surface area contributed by atoms with Gasteiger partial charge in [-0.3, -0.25) is 9.59 Å². The van der Waals surface area contributed by atoms with E-state index in [1.807, 2.05) is 0 Å². The van der Waals surface area contributed by atoms with Gasteiger partial charge in [-0.1, -0.05) is 5.16 Å². The Morgan fingerprint density at radius 3 is 2.49 bits per heavy atom. The van der Waals surface area contributed by atoms with Gasteiger partial charge in [0.05, 0.1) is 5.56 Å². The van der Waals surface area contributed by atoms with Crippen molar-refractivity contribution in [1.29, 1.82) is 0 Å². The molecule has 2 heterocycles. The minimum absolute atomic E-state index is 0.225. The second-order valence-corrected chi connectivity index (χ2v) is 9.45. The van der Waals surface area contributed by atoms with Crippen molar-refractivity contribution in [1.82, 2.24) is 25.2 Å². The van der Waals surface area contributed by atoms with Crippen LogP contribution in [0, 0.1) is 22.9 Å². The molecule has 1 amide bonds. The van der Waals surface area contributed by atoms with Gasteiger partial charge in [-0.15, -0.1) is 0 Å². The predicted octanol–water partition coefficient (Wildman–Crippen LogP) is 2.98. The molecule has 0 radical (unpaired) electrons. The Bertz CT molecular complexity index is 1360. The van der Waals surface area contributed by atoms with Gasteiger partial charge in [-0.2, -0.15) is 14.5 Å². The fourth-order valence-corrected chi connectivity index (χ4v) is 5.13. The summed E-state index contributed by atoms with van der Waals surface area (Å²) in [5.41, 5.74) is -1.14. The standard InChI is InChI=1S/C23H22F3N5O4/c1-31-15(32)3-2-14(29-31)19-28-21(35-30-19)23-7-4-22(5-8-23,6-9-23)11-27-20(34)12-10-13(24)18(33)17(26)16(12)25/h2-3,10,33H,4-9,11H2,1H3,(H,27,34). The number of aryl methyl sites for hydroxylation is 1. The van der Waals surface area contributed by atoms with E-state index in [1.54, 1.807) is 6.07 Å². The van der Waals surface area contributed by atoms with Crippen LogP contribution in [0.1, 0.15) is 54.8 Å². The topological polar surface area (TPSA) is 123 Å². The van der Waals surface area contributed by atoms with Crippen LogP contribution in [-0.4, -0.2) is 37.5 Å². The van der Waals surface area contributed by atoms with Crippen molar-refractivity contribution in [3.8, 4) is 17.3 Å². The lowest BCUT2D eigenvalue weighted by atomic mass is 9.53. The van der Waals surface area contributed by atoms with Gasteiger partial charge in [0.15, 0.2) is 17.4 Å². The molecule has 9 nitrogen and oxygen atoms in total. The maximum Gasteiger partial charge on any atom is 0.266 e. The number of fused-ring (bicyclic) bond motifs is 3. The molecule has 3 saturated carbocycles. The number of aromatic nitrogens is 4. The Balaban J connectivity index is 1.26. The first-order chi connectivity index (χ1) is 16.6. The number of benzene rings is 1. The van der Waals surface area contributed by atoms with E-state index < -0.39 is 34.7 Å². The zero-order valence-electron chi connectivity index (χ0n) is 18.8. The van der Waals surface area contributed by atoms with Crippen molar-refractivity contribution in [2.45, 2.75) is 43.9 Å². The molecule has 184 valence electrons. The summed E-state index contributed by atoms with van der Waals surface area (Å²) in [6, 6.07) is 3.41. The number of phenolic OH excluding ortho intramolecular Hbond substituents is 1. The zero-order valence-corrected chi connectivity index (χ0v) is 18.8. The largest absolute Gasteiger partial charge is 0.503 e. The van der Waals surface area contributed by atoms with Crippen LogP contribution in [0.2, 0.25) is 0 Å². The molecule has 0 unspecified atom stereocenters. The van der Waals surface area contributed by atoms with Crippen molar-refractivity contribution in [3.63, 3.8) is 0 Å². The van der Waals surface area contributed by atoms with Crippen molar-refractivity contribution in [2.24, 2.45) is 12.5 Å². The lowest BCUT2D eigenvalue weighted by Crippen LogP contribution is -2.49. The lowest BCUT2D eigenvalue weighted by molar-refractivity contribution is 0.0228. The maximum atomic E-state index is 14.0. The molecular formula is C23H22F3N5O4. The van der Waals surface area contributed by atoms with Crippen LogP contribution in [0.25, 0.3) is 11.5 Å². The molecule has 0 aliphatic heterocycles. The van der Waals surface area contributed by atoms with Gasteiger partial charge < -0.3 is 14.9 Å². The van der Waals surface area contributed by atoms with Crippen LogP contribution in [0.4, 0.5) is 13.2 Å². The SMILES string of the molecule is Cn1nc(-c2noc(C34CCC(CNC(=O)c5cc(F)c(O)c(F)c5F)(CC3)CC4)n2)ccc1=O. The summed E-state index contributed by atoms with van der Waals surface area (Å²) in [6.45, 7) is 0.225. The first-order valence-electron chi connectivity index (χ1n) is 11.2. The van der Waals surface area contributed by atoms with Gasteiger partial charge in [0.2, 0.25) is 17.5 Å². The number of carbonyl (C=O) groups excluding carboxylic acids is 1. The summed E-state index contributed by atoms with van der Waals surface area (Å²) < 4.78 is 48.0. The summed E-state index contributed by atoms with van der Waals surface area (Å²) in [7, 11) is 1.54. The van der Waals surface area contributed by atoms with Crippen LogP contribution in [0.3, 0.4) is 0 Å². The van der Waals surface area contributed by atoms with Crippen LogP contribution >= 0.6 is 0 Å². The molecule has 0 saturated heterocycles. The van der Waals surface area contributed by atoms with E-state index >= 15 is 0 Å². The number of hydrogen-bond donors (Lipinski definition) is 2. The Hall–Kier alpha value is -3.70. The molecule has 3 aliphatic carbocycles. The van der Waals surface area contributed by atoms with E-state index in [2.05, 4.69) is 20.6 Å². The molecule has 0 spiro atoms. The zero-order chi connectivity index (χ0) is 25.0. The number of nitrogens with one attached hydrogen (secondary N) is 1. The quantitative estimate of drug-likeness (QED) is 0.528. The average Bonchev–Trinajstić information content (AvgIpc) is 3.38. The molecule has 3 aliphatic rings. The molecule has 3 aromatic rings. The predicted molar refractivity (Wildman–Crippen MR) is 115 cm³/mol. The molecule has 2 bridgehead atoms. The van der Waals surface area contributed by atoms with Crippen molar-refractivity contribution >= 4 is 5.91 Å². The van der Waals surface area contributed by atoms with Crippen molar-refractivity contribution in [3.05, 3.63) is 57.5 Å². The molecule has 0 atom stereocenters. The Morgan fingerprint density at radius 1 is 1.14 bits per heavy atom. The number of hydrogen-bond acceptors (Lipinski definition) is 7. The maximum absolute atomic E-state index is 14.0. The smallest absolute Gasteiger partial charge is 0.266 e. The number of amides is 1. The van der Waals surface area contributed by atoms with Gasteiger partial charge in [0.1, 0.15) is 5.69 Å².